The smallest absolute Gasteiger partial charge is 0.235 e. The third-order valence-corrected chi connectivity index (χ3v) is 6.93. The van der Waals surface area contributed by atoms with Crippen molar-refractivity contribution >= 4 is 45.5 Å². The molecule has 3 nitrogen and oxygen atoms in total. The van der Waals surface area contributed by atoms with Crippen molar-refractivity contribution in [2.75, 3.05) is 5.32 Å². The lowest BCUT2D eigenvalue weighted by Gasteiger charge is -2.35. The third kappa shape index (κ3) is 5.17. The molecule has 0 spiro atoms. The number of nitrogens with one attached hydrogen (secondary N) is 1. The van der Waals surface area contributed by atoms with E-state index in [2.05, 4.69) is 63.5 Å². The fraction of sp³-hybridized carbons (Fsp3) is 0.241. The first kappa shape index (κ1) is 23.2. The Morgan fingerprint density at radius 3 is 2.48 bits per heavy atom. The molecule has 0 unspecified atom stereocenters. The van der Waals surface area contributed by atoms with Crippen molar-refractivity contribution in [1.29, 1.82) is 0 Å². The molecule has 0 aromatic heterocycles. The van der Waals surface area contributed by atoms with Crippen molar-refractivity contribution in [1.82, 2.24) is 0 Å². The number of hydrogen-bond acceptors (Lipinski definition) is 2. The van der Waals surface area contributed by atoms with E-state index in [9.17, 15) is 4.79 Å². The minimum absolute atomic E-state index is 0.0944. The summed E-state index contributed by atoms with van der Waals surface area (Å²) in [5.74, 6) is 0.239. The summed E-state index contributed by atoms with van der Waals surface area (Å²) in [4.78, 5) is 18.3. The molecule has 3 aromatic rings. The second-order valence-electron chi connectivity index (χ2n) is 8.50. The average molecular weight is 501 g/mol. The number of nitrogens with zero attached hydrogens (tertiary/aromatic N) is 1. The van der Waals surface area contributed by atoms with Gasteiger partial charge < -0.3 is 5.32 Å². The molecular formula is C29H29BrN2O. The van der Waals surface area contributed by atoms with Crippen LogP contribution in [0.2, 0.25) is 0 Å². The van der Waals surface area contributed by atoms with Crippen LogP contribution in [0, 0.1) is 5.92 Å². The summed E-state index contributed by atoms with van der Waals surface area (Å²) in [6.45, 7) is 2.19. The van der Waals surface area contributed by atoms with Crippen LogP contribution in [-0.2, 0) is 10.2 Å². The molecule has 0 fully saturated rings. The first-order chi connectivity index (χ1) is 16.1. The Balaban J connectivity index is 1.66. The molecule has 0 saturated heterocycles. The zero-order valence-electron chi connectivity index (χ0n) is 18.9. The number of hydrogen-bond donors (Lipinski definition) is 1. The van der Waals surface area contributed by atoms with Gasteiger partial charge in [0, 0.05) is 16.4 Å². The Labute approximate surface area is 204 Å². The molecule has 0 bridgehead atoms. The van der Waals surface area contributed by atoms with Gasteiger partial charge in [0.05, 0.1) is 11.1 Å². The van der Waals surface area contributed by atoms with Crippen LogP contribution in [0.25, 0.3) is 6.08 Å². The van der Waals surface area contributed by atoms with Gasteiger partial charge in [-0.1, -0.05) is 90.0 Å². The van der Waals surface area contributed by atoms with Gasteiger partial charge in [-0.3, -0.25) is 9.79 Å². The largest absolute Gasteiger partial charge is 0.325 e. The van der Waals surface area contributed by atoms with E-state index in [1.807, 2.05) is 66.9 Å². The van der Waals surface area contributed by atoms with Crippen LogP contribution >= 0.6 is 15.9 Å². The second kappa shape index (κ2) is 10.8. The Kier molecular flexibility index (Phi) is 7.56. The van der Waals surface area contributed by atoms with Gasteiger partial charge in [-0.05, 0) is 66.6 Å². The number of para-hydroxylation sites is 1. The molecule has 168 valence electrons. The van der Waals surface area contributed by atoms with Crippen LogP contribution in [-0.4, -0.2) is 12.1 Å². The standard InChI is InChI=1S/C29H29BrN2O/c1-2-9-23(19-21-31-25-17-15-24(30)16-18-25)29(20-8-12-22-10-4-3-5-11-22)26-13-6-7-14-27(26)32-28(29)33/h3-8,10-18,21,23H,2,9,19-20H2,1H3,(H,32,33)/b12-8+,31-21?/t23-,29+/m1/s1. The zero-order valence-corrected chi connectivity index (χ0v) is 20.5. The molecule has 3 aromatic carbocycles. The van der Waals surface area contributed by atoms with Gasteiger partial charge in [0.25, 0.3) is 0 Å². The minimum Gasteiger partial charge on any atom is -0.325 e. The maximum Gasteiger partial charge on any atom is 0.235 e. The molecule has 1 aliphatic rings. The summed E-state index contributed by atoms with van der Waals surface area (Å²) in [6.07, 6.45) is 9.62. The highest BCUT2D eigenvalue weighted by Crippen LogP contribution is 2.48. The Morgan fingerprint density at radius 2 is 1.73 bits per heavy atom. The molecule has 0 aliphatic carbocycles. The van der Waals surface area contributed by atoms with E-state index in [1.54, 1.807) is 0 Å². The normalized spacial score (nSPS) is 18.5. The molecule has 4 rings (SSSR count). The van der Waals surface area contributed by atoms with E-state index in [1.165, 1.54) is 0 Å². The Morgan fingerprint density at radius 1 is 1.00 bits per heavy atom. The lowest BCUT2D eigenvalue weighted by Crippen LogP contribution is -2.42. The van der Waals surface area contributed by atoms with Crippen molar-refractivity contribution in [2.24, 2.45) is 10.9 Å². The van der Waals surface area contributed by atoms with E-state index in [4.69, 9.17) is 0 Å². The maximum absolute atomic E-state index is 13.6. The van der Waals surface area contributed by atoms with Crippen molar-refractivity contribution in [3.63, 3.8) is 0 Å². The average Bonchev–Trinajstić information content (AvgIpc) is 3.12. The minimum atomic E-state index is -0.608. The number of carbonyl (C=O) groups is 1. The molecule has 33 heavy (non-hydrogen) atoms. The summed E-state index contributed by atoms with van der Waals surface area (Å²) >= 11 is 3.47. The number of anilines is 1. The monoisotopic (exact) mass is 500 g/mol. The van der Waals surface area contributed by atoms with Crippen LogP contribution in [0.3, 0.4) is 0 Å². The van der Waals surface area contributed by atoms with Gasteiger partial charge in [0.1, 0.15) is 0 Å². The van der Waals surface area contributed by atoms with Crippen LogP contribution in [0.15, 0.2) is 94.4 Å². The van der Waals surface area contributed by atoms with E-state index in [0.717, 1.165) is 46.2 Å². The van der Waals surface area contributed by atoms with E-state index >= 15 is 0 Å². The predicted molar refractivity (Wildman–Crippen MR) is 142 cm³/mol. The molecule has 4 heteroatoms. The molecular weight excluding hydrogens is 472 g/mol. The number of benzene rings is 3. The van der Waals surface area contributed by atoms with E-state index < -0.39 is 5.41 Å². The summed E-state index contributed by atoms with van der Waals surface area (Å²) in [7, 11) is 0. The number of rotatable bonds is 9. The first-order valence-corrected chi connectivity index (χ1v) is 12.3. The molecule has 1 heterocycles. The van der Waals surface area contributed by atoms with Gasteiger partial charge in [0.2, 0.25) is 5.91 Å². The summed E-state index contributed by atoms with van der Waals surface area (Å²) in [6, 6.07) is 26.4. The Hall–Kier alpha value is -2.98. The molecule has 1 N–H and O–H groups in total. The summed E-state index contributed by atoms with van der Waals surface area (Å²) in [5, 5.41) is 3.17. The van der Waals surface area contributed by atoms with Crippen LogP contribution in [0.5, 0.6) is 0 Å². The molecule has 0 radical (unpaired) electrons. The first-order valence-electron chi connectivity index (χ1n) is 11.5. The topological polar surface area (TPSA) is 41.5 Å². The van der Waals surface area contributed by atoms with E-state index in [-0.39, 0.29) is 11.8 Å². The number of amides is 1. The van der Waals surface area contributed by atoms with Gasteiger partial charge in [-0.25, -0.2) is 0 Å². The van der Waals surface area contributed by atoms with E-state index in [0.29, 0.717) is 6.42 Å². The quantitative estimate of drug-likeness (QED) is 0.297. The lowest BCUT2D eigenvalue weighted by molar-refractivity contribution is -0.122. The summed E-state index contributed by atoms with van der Waals surface area (Å²) in [5.41, 5.74) is 3.49. The molecule has 2 atom stereocenters. The number of fused-ring (bicyclic) bond motifs is 1. The SMILES string of the molecule is CCC[C@H](CC=Nc1ccc(Br)cc1)[C@]1(C/C=C/c2ccccc2)C(=O)Nc2ccccc21. The van der Waals surface area contributed by atoms with Crippen molar-refractivity contribution in [2.45, 2.75) is 38.0 Å². The molecule has 1 aliphatic heterocycles. The fourth-order valence-corrected chi connectivity index (χ4v) is 5.05. The van der Waals surface area contributed by atoms with Gasteiger partial charge in [-0.15, -0.1) is 0 Å². The maximum atomic E-state index is 13.6. The van der Waals surface area contributed by atoms with Gasteiger partial charge >= 0.3 is 0 Å². The lowest BCUT2D eigenvalue weighted by atomic mass is 9.66. The highest BCUT2D eigenvalue weighted by molar-refractivity contribution is 9.10. The highest BCUT2D eigenvalue weighted by atomic mass is 79.9. The third-order valence-electron chi connectivity index (χ3n) is 6.40. The zero-order chi connectivity index (χ0) is 23.1. The number of allylic oxidation sites excluding steroid dienone is 1. The van der Waals surface area contributed by atoms with Crippen molar-refractivity contribution in [3.8, 4) is 0 Å². The predicted octanol–water partition coefficient (Wildman–Crippen LogP) is 7.95. The second-order valence-corrected chi connectivity index (χ2v) is 9.41. The van der Waals surface area contributed by atoms with Gasteiger partial charge in [-0.2, -0.15) is 0 Å². The van der Waals surface area contributed by atoms with Crippen molar-refractivity contribution in [3.05, 3.63) is 101 Å². The summed E-state index contributed by atoms with van der Waals surface area (Å²) < 4.78 is 1.04. The molecule has 0 saturated carbocycles. The fourth-order valence-electron chi connectivity index (χ4n) is 4.78. The number of aliphatic imine (C=N–C) groups is 1. The highest BCUT2D eigenvalue weighted by Gasteiger charge is 2.50. The van der Waals surface area contributed by atoms with Crippen LogP contribution < -0.4 is 5.32 Å². The van der Waals surface area contributed by atoms with Crippen molar-refractivity contribution < 1.29 is 4.79 Å². The number of carbonyl (C=O) groups excluding carboxylic acids is 1. The number of halogens is 1. The van der Waals surface area contributed by atoms with Crippen LogP contribution in [0.4, 0.5) is 11.4 Å². The Bertz CT molecular complexity index is 1140. The van der Waals surface area contributed by atoms with Gasteiger partial charge in [0.15, 0.2) is 0 Å². The molecule has 1 amide bonds. The van der Waals surface area contributed by atoms with Crippen LogP contribution in [0.1, 0.15) is 43.7 Å².